The number of halogens is 1. The lowest BCUT2D eigenvalue weighted by Gasteiger charge is -2.07. The monoisotopic (exact) mass is 466 g/mol. The number of benzene rings is 2. The lowest BCUT2D eigenvalue weighted by Crippen LogP contribution is -2.15. The zero-order chi connectivity index (χ0) is 23.4. The Morgan fingerprint density at radius 2 is 1.94 bits per heavy atom. The number of rotatable bonds is 8. The van der Waals surface area contributed by atoms with E-state index in [0.717, 1.165) is 5.56 Å². The summed E-state index contributed by atoms with van der Waals surface area (Å²) < 4.78 is 8.68. The number of aryl methyl sites for hydroxylation is 1. The van der Waals surface area contributed by atoms with E-state index in [1.165, 1.54) is 28.4 Å². The van der Waals surface area contributed by atoms with Crippen molar-refractivity contribution in [1.29, 1.82) is 0 Å². The summed E-state index contributed by atoms with van der Waals surface area (Å²) >= 11 is 6.01. The molecule has 10 nitrogen and oxygen atoms in total. The molecule has 0 aliphatic rings. The summed E-state index contributed by atoms with van der Waals surface area (Å²) in [7, 11) is 0. The maximum absolute atomic E-state index is 12.5. The van der Waals surface area contributed by atoms with Gasteiger partial charge in [0.1, 0.15) is 5.75 Å². The maximum Gasteiger partial charge on any atom is 0.277 e. The van der Waals surface area contributed by atoms with Gasteiger partial charge >= 0.3 is 0 Å². The molecule has 0 aliphatic carbocycles. The second-order valence-electron chi connectivity index (χ2n) is 7.23. The van der Waals surface area contributed by atoms with E-state index in [9.17, 15) is 14.9 Å². The van der Waals surface area contributed by atoms with Gasteiger partial charge in [-0.05, 0) is 24.6 Å². The van der Waals surface area contributed by atoms with E-state index in [4.69, 9.17) is 16.3 Å². The van der Waals surface area contributed by atoms with Crippen LogP contribution in [0.15, 0.2) is 67.0 Å². The Kier molecular flexibility index (Phi) is 6.36. The molecule has 4 aromatic rings. The molecule has 33 heavy (non-hydrogen) atoms. The number of nitro groups is 1. The number of amides is 1. The topological polar surface area (TPSA) is 117 Å². The van der Waals surface area contributed by atoms with Crippen LogP contribution in [-0.2, 0) is 13.3 Å². The zero-order valence-electron chi connectivity index (χ0n) is 17.5. The number of nitrogens with zero attached hydrogens (tertiary/aromatic N) is 5. The molecule has 0 aliphatic heterocycles. The van der Waals surface area contributed by atoms with E-state index in [1.54, 1.807) is 29.2 Å². The first-order valence-electron chi connectivity index (χ1n) is 9.88. The number of carbonyl (C=O) groups is 1. The number of anilines is 1. The minimum atomic E-state index is -0.542. The van der Waals surface area contributed by atoms with Gasteiger partial charge in [0.05, 0.1) is 16.5 Å². The number of aromatic nitrogens is 4. The van der Waals surface area contributed by atoms with Crippen molar-refractivity contribution < 1.29 is 14.5 Å². The summed E-state index contributed by atoms with van der Waals surface area (Å²) in [5, 5.41) is 22.2. The summed E-state index contributed by atoms with van der Waals surface area (Å²) in [6.45, 7) is 2.59. The summed E-state index contributed by atoms with van der Waals surface area (Å²) in [5.41, 5.74) is 2.33. The van der Waals surface area contributed by atoms with Crippen LogP contribution in [0.4, 0.5) is 11.5 Å². The third-order valence-electron chi connectivity index (χ3n) is 4.66. The number of nitrogens with one attached hydrogen (secondary N) is 1. The summed E-state index contributed by atoms with van der Waals surface area (Å²) in [6.07, 6.45) is 3.36. The van der Waals surface area contributed by atoms with Crippen LogP contribution in [0.5, 0.6) is 5.75 Å². The molecule has 1 N–H and O–H groups in total. The lowest BCUT2D eigenvalue weighted by molar-refractivity contribution is -0.384. The molecule has 0 spiro atoms. The summed E-state index contributed by atoms with van der Waals surface area (Å²) in [6, 6.07) is 15.3. The molecule has 0 saturated carbocycles. The lowest BCUT2D eigenvalue weighted by atomic mass is 10.1. The van der Waals surface area contributed by atoms with E-state index in [-0.39, 0.29) is 28.9 Å². The number of nitro benzene ring substituents is 1. The maximum atomic E-state index is 12.5. The second kappa shape index (κ2) is 9.53. The van der Waals surface area contributed by atoms with Crippen LogP contribution in [-0.4, -0.2) is 30.4 Å². The highest BCUT2D eigenvalue weighted by Gasteiger charge is 2.13. The Labute approximate surface area is 193 Å². The molecular formula is C22H19ClN6O4. The van der Waals surface area contributed by atoms with Gasteiger partial charge in [-0.15, -0.1) is 0 Å². The van der Waals surface area contributed by atoms with Crippen molar-refractivity contribution in [2.75, 3.05) is 5.32 Å². The molecule has 168 valence electrons. The average Bonchev–Trinajstić information content (AvgIpc) is 3.42. The number of ether oxygens (including phenoxy) is 1. The van der Waals surface area contributed by atoms with E-state index in [1.807, 2.05) is 25.1 Å². The van der Waals surface area contributed by atoms with Crippen molar-refractivity contribution in [3.8, 4) is 5.75 Å². The van der Waals surface area contributed by atoms with Crippen molar-refractivity contribution in [3.63, 3.8) is 0 Å². The molecule has 1 amide bonds. The number of non-ortho nitro benzene ring substituents is 1. The predicted octanol–water partition coefficient (Wildman–Crippen LogP) is 4.29. The molecule has 4 rings (SSSR count). The van der Waals surface area contributed by atoms with Gasteiger partial charge in [-0.1, -0.05) is 41.4 Å². The Morgan fingerprint density at radius 1 is 1.12 bits per heavy atom. The predicted molar refractivity (Wildman–Crippen MR) is 121 cm³/mol. The summed E-state index contributed by atoms with van der Waals surface area (Å²) in [4.78, 5) is 22.8. The first-order chi connectivity index (χ1) is 15.9. The third-order valence-corrected chi connectivity index (χ3v) is 4.96. The first kappa shape index (κ1) is 22.0. The van der Waals surface area contributed by atoms with Crippen LogP contribution >= 0.6 is 11.6 Å². The van der Waals surface area contributed by atoms with Crippen molar-refractivity contribution >= 4 is 29.0 Å². The van der Waals surface area contributed by atoms with Crippen LogP contribution in [0.1, 0.15) is 21.6 Å². The first-order valence-corrected chi connectivity index (χ1v) is 10.3. The fourth-order valence-corrected chi connectivity index (χ4v) is 3.33. The summed E-state index contributed by atoms with van der Waals surface area (Å²) in [5.74, 6) is 0.266. The number of hydrogen-bond acceptors (Lipinski definition) is 6. The molecular weight excluding hydrogens is 448 g/mol. The van der Waals surface area contributed by atoms with Crippen molar-refractivity contribution in [3.05, 3.63) is 98.9 Å². The van der Waals surface area contributed by atoms with Gasteiger partial charge in [-0.3, -0.25) is 19.6 Å². The number of carbonyl (C=O) groups excluding carboxylic acids is 1. The zero-order valence-corrected chi connectivity index (χ0v) is 18.3. The van der Waals surface area contributed by atoms with E-state index in [0.29, 0.717) is 12.4 Å². The Morgan fingerprint density at radius 3 is 2.70 bits per heavy atom. The highest BCUT2D eigenvalue weighted by atomic mass is 35.5. The third kappa shape index (κ3) is 5.55. The molecule has 0 atom stereocenters. The van der Waals surface area contributed by atoms with Crippen molar-refractivity contribution in [1.82, 2.24) is 19.6 Å². The van der Waals surface area contributed by atoms with Crippen molar-refractivity contribution in [2.24, 2.45) is 0 Å². The normalized spacial score (nSPS) is 10.7. The highest BCUT2D eigenvalue weighted by Crippen LogP contribution is 2.28. The van der Waals surface area contributed by atoms with Crippen LogP contribution < -0.4 is 10.1 Å². The molecule has 0 fully saturated rings. The number of hydrogen-bond donors (Lipinski definition) is 1. The van der Waals surface area contributed by atoms with Gasteiger partial charge < -0.3 is 10.1 Å². The van der Waals surface area contributed by atoms with Crippen LogP contribution in [0, 0.1) is 17.0 Å². The average molecular weight is 467 g/mol. The quantitative estimate of drug-likeness (QED) is 0.306. The van der Waals surface area contributed by atoms with Gasteiger partial charge in [0.15, 0.2) is 18.2 Å². The molecule has 2 heterocycles. The largest absolute Gasteiger partial charge is 0.470 e. The Balaban J connectivity index is 1.34. The van der Waals surface area contributed by atoms with Gasteiger partial charge in [0.2, 0.25) is 0 Å². The standard InChI is InChI=1S/C22H19ClN6O4/c1-15-3-2-4-16(11-15)13-27-10-8-21(26-27)24-22(30)19-7-9-28(25-19)14-33-20-6-5-17(29(31)32)12-18(20)23/h2-12H,13-14H2,1H3,(H,24,26,30). The minimum Gasteiger partial charge on any atom is -0.470 e. The van der Waals surface area contributed by atoms with E-state index >= 15 is 0 Å². The molecule has 2 aromatic carbocycles. The fraction of sp³-hybridized carbons (Fsp3) is 0.136. The van der Waals surface area contributed by atoms with Crippen molar-refractivity contribution in [2.45, 2.75) is 20.2 Å². The Bertz CT molecular complexity index is 1320. The molecule has 2 aromatic heterocycles. The molecule has 0 radical (unpaired) electrons. The van der Waals surface area contributed by atoms with Gasteiger partial charge in [-0.25, -0.2) is 4.68 Å². The van der Waals surface area contributed by atoms with Crippen LogP contribution in [0.3, 0.4) is 0 Å². The SMILES string of the molecule is Cc1cccc(Cn2ccc(NC(=O)c3ccn(COc4ccc([N+](=O)[O-])cc4Cl)n3)n2)c1. The van der Waals surface area contributed by atoms with Crippen LogP contribution in [0.25, 0.3) is 0 Å². The molecule has 11 heteroatoms. The smallest absolute Gasteiger partial charge is 0.277 e. The Hall–Kier alpha value is -4.18. The van der Waals surface area contributed by atoms with Crippen LogP contribution in [0.2, 0.25) is 5.02 Å². The second-order valence-corrected chi connectivity index (χ2v) is 7.63. The van der Waals surface area contributed by atoms with Gasteiger partial charge in [0, 0.05) is 30.6 Å². The van der Waals surface area contributed by atoms with Gasteiger partial charge in [-0.2, -0.15) is 10.2 Å². The molecule has 0 saturated heterocycles. The van der Waals surface area contributed by atoms with Gasteiger partial charge in [0.25, 0.3) is 11.6 Å². The molecule has 0 unspecified atom stereocenters. The minimum absolute atomic E-state index is 0.0318. The fourth-order valence-electron chi connectivity index (χ4n) is 3.11. The van der Waals surface area contributed by atoms with E-state index < -0.39 is 10.8 Å². The molecule has 0 bridgehead atoms. The highest BCUT2D eigenvalue weighted by molar-refractivity contribution is 6.32. The van der Waals surface area contributed by atoms with E-state index in [2.05, 4.69) is 21.6 Å².